The Morgan fingerprint density at radius 2 is 1.68 bits per heavy atom. The number of ketones is 2. The lowest BCUT2D eigenvalue weighted by Crippen LogP contribution is -2.63. The molecule has 1 amide bonds. The van der Waals surface area contributed by atoms with Crippen LogP contribution >= 0.6 is 0 Å². The number of phenols is 1. The number of aromatic hydroxyl groups is 1. The zero-order valence-corrected chi connectivity index (χ0v) is 24.1. The van der Waals surface area contributed by atoms with E-state index in [4.69, 9.17) is 5.73 Å². The summed E-state index contributed by atoms with van der Waals surface area (Å²) in [6.45, 7) is 0. The Hall–Kier alpha value is -4.56. The number of rotatable bonds is 5. The van der Waals surface area contributed by atoms with Gasteiger partial charge in [-0.15, -0.1) is 13.2 Å². The number of carbonyl (C=O) groups is 3. The van der Waals surface area contributed by atoms with Crippen molar-refractivity contribution in [2.45, 2.75) is 30.8 Å². The van der Waals surface area contributed by atoms with E-state index in [2.05, 4.69) is 4.74 Å². The third-order valence-corrected chi connectivity index (χ3v) is 8.58. The molecule has 0 aliphatic heterocycles. The van der Waals surface area contributed by atoms with Crippen LogP contribution in [0.4, 0.5) is 18.9 Å². The molecule has 0 bridgehead atoms. The fourth-order valence-electron chi connectivity index (χ4n) is 6.75. The van der Waals surface area contributed by atoms with Crippen LogP contribution in [0.5, 0.6) is 11.5 Å². The van der Waals surface area contributed by atoms with E-state index in [1.807, 2.05) is 0 Å². The molecule has 3 aliphatic rings. The number of nitrogens with zero attached hydrogens (tertiary/aromatic N) is 2. The number of halogens is 3. The number of hydrogen-bond donors (Lipinski definition) is 5. The highest BCUT2D eigenvalue weighted by Gasteiger charge is 2.63. The second-order valence-corrected chi connectivity index (χ2v) is 11.6. The second kappa shape index (κ2) is 10.3. The Kier molecular flexibility index (Phi) is 7.21. The van der Waals surface area contributed by atoms with E-state index in [0.717, 1.165) is 12.1 Å². The van der Waals surface area contributed by atoms with E-state index in [1.54, 1.807) is 39.2 Å². The van der Waals surface area contributed by atoms with Crippen LogP contribution in [0.2, 0.25) is 0 Å². The summed E-state index contributed by atoms with van der Waals surface area (Å²) in [5.74, 6) is -8.15. The number of aliphatic hydroxyl groups excluding tert-OH is 2. The number of amides is 1. The Morgan fingerprint density at radius 1 is 1.07 bits per heavy atom. The Balaban J connectivity index is 1.69. The molecule has 5 rings (SSSR count). The number of alkyl halides is 3. The van der Waals surface area contributed by atoms with Crippen molar-refractivity contribution in [3.63, 3.8) is 0 Å². The van der Waals surface area contributed by atoms with E-state index >= 15 is 0 Å². The van der Waals surface area contributed by atoms with Crippen LogP contribution in [0.1, 0.15) is 22.3 Å². The molecular formula is C30H30F3N3O8. The minimum absolute atomic E-state index is 0.0676. The number of ether oxygens (including phenoxy) is 1. The molecular weight excluding hydrogens is 587 g/mol. The van der Waals surface area contributed by atoms with Gasteiger partial charge in [0.05, 0.1) is 11.6 Å². The van der Waals surface area contributed by atoms with Crippen molar-refractivity contribution in [1.29, 1.82) is 0 Å². The third kappa shape index (κ3) is 4.56. The molecule has 3 aliphatic carbocycles. The predicted octanol–water partition coefficient (Wildman–Crippen LogP) is 2.75. The standard InChI is InChI=1S/C30H30F3N3O8/c1-35(2)18-11-15(12-5-7-14(8-6-12)44-30(31,32)33)23(37)20-16(18)9-13-10-17-22(36(3)4)25(39)21(28(34)42)27(41)29(17,43)26(40)19(13)24(20)38/h5-8,11,13,17,22,37,39-40,43H,9-10H2,1-4H3,(H2,34,42)/t13-,17+,22+,29+/m0/s1. The number of anilines is 1. The zero-order chi connectivity index (χ0) is 32.6. The van der Waals surface area contributed by atoms with Crippen LogP contribution in [0.3, 0.4) is 0 Å². The van der Waals surface area contributed by atoms with Crippen LogP contribution in [0, 0.1) is 11.8 Å². The van der Waals surface area contributed by atoms with Crippen LogP contribution in [-0.4, -0.2) is 89.0 Å². The first-order chi connectivity index (χ1) is 20.4. The average Bonchev–Trinajstić information content (AvgIpc) is 2.90. The third-order valence-electron chi connectivity index (χ3n) is 8.58. The molecule has 0 spiro atoms. The SMILES string of the molecule is CN(C)c1cc(-c2ccc(OC(F)(F)F)cc2)c(O)c2c1C[C@H]1C[C@@H]3[C@@H](N(C)C)C(O)=C(C(N)=O)C(=O)[C@]3(O)C(O)=C1C2=O. The molecule has 2 aromatic rings. The van der Waals surface area contributed by atoms with Crippen molar-refractivity contribution >= 4 is 23.2 Å². The number of benzene rings is 2. The van der Waals surface area contributed by atoms with E-state index < -0.39 is 75.9 Å². The predicted molar refractivity (Wildman–Crippen MR) is 150 cm³/mol. The van der Waals surface area contributed by atoms with Crippen molar-refractivity contribution < 1.29 is 52.7 Å². The first-order valence-corrected chi connectivity index (χ1v) is 13.5. The summed E-state index contributed by atoms with van der Waals surface area (Å²) in [6.07, 6.45) is -4.90. The summed E-state index contributed by atoms with van der Waals surface area (Å²) in [7, 11) is 6.47. The van der Waals surface area contributed by atoms with E-state index in [9.17, 15) is 48.0 Å². The normalized spacial score (nSPS) is 25.1. The maximum Gasteiger partial charge on any atom is 0.573 e. The van der Waals surface area contributed by atoms with Crippen LogP contribution in [0.15, 0.2) is 53.0 Å². The summed E-state index contributed by atoms with van der Waals surface area (Å²) >= 11 is 0. The van der Waals surface area contributed by atoms with Gasteiger partial charge in [-0.05, 0) is 62.2 Å². The summed E-state index contributed by atoms with van der Waals surface area (Å²) < 4.78 is 41.9. The van der Waals surface area contributed by atoms with Crippen molar-refractivity contribution in [1.82, 2.24) is 4.90 Å². The van der Waals surface area contributed by atoms with E-state index in [0.29, 0.717) is 11.3 Å². The zero-order valence-electron chi connectivity index (χ0n) is 24.1. The molecule has 11 nitrogen and oxygen atoms in total. The molecule has 0 radical (unpaired) electrons. The topological polar surface area (TPSA) is 174 Å². The number of hydrogen-bond acceptors (Lipinski definition) is 10. The lowest BCUT2D eigenvalue weighted by Gasteiger charge is -2.50. The quantitative estimate of drug-likeness (QED) is 0.314. The van der Waals surface area contributed by atoms with Gasteiger partial charge in [0.25, 0.3) is 5.91 Å². The van der Waals surface area contributed by atoms with Gasteiger partial charge in [-0.1, -0.05) is 12.1 Å². The molecule has 0 saturated heterocycles. The van der Waals surface area contributed by atoms with Gasteiger partial charge in [0, 0.05) is 36.8 Å². The molecule has 0 heterocycles. The van der Waals surface area contributed by atoms with Gasteiger partial charge >= 0.3 is 6.36 Å². The molecule has 4 atom stereocenters. The molecule has 2 aromatic carbocycles. The van der Waals surface area contributed by atoms with Crippen LogP contribution in [-0.2, 0) is 16.0 Å². The highest BCUT2D eigenvalue weighted by Crippen LogP contribution is 2.54. The molecule has 0 fully saturated rings. The van der Waals surface area contributed by atoms with Crippen molar-refractivity contribution in [2.24, 2.45) is 17.6 Å². The van der Waals surface area contributed by atoms with Crippen molar-refractivity contribution in [3.8, 4) is 22.6 Å². The minimum Gasteiger partial charge on any atom is -0.510 e. The number of phenolic OH excluding ortho intramolecular Hbond substituents is 1. The van der Waals surface area contributed by atoms with E-state index in [1.165, 1.54) is 17.0 Å². The summed E-state index contributed by atoms with van der Waals surface area (Å²) in [5, 5.41) is 45.6. The Morgan fingerprint density at radius 3 is 2.20 bits per heavy atom. The Bertz CT molecular complexity index is 1660. The fraction of sp³-hybridized carbons (Fsp3) is 0.367. The van der Waals surface area contributed by atoms with E-state index in [-0.39, 0.29) is 35.1 Å². The number of Topliss-reactive ketones (excluding diaryl/α,β-unsaturated/α-hetero) is 2. The van der Waals surface area contributed by atoms with Crippen LogP contribution in [0.25, 0.3) is 11.1 Å². The van der Waals surface area contributed by atoms with Gasteiger partial charge in [0.1, 0.15) is 28.6 Å². The molecule has 6 N–H and O–H groups in total. The molecule has 44 heavy (non-hydrogen) atoms. The maximum absolute atomic E-state index is 14.1. The number of likely N-dealkylation sites (N-methyl/N-ethyl adjacent to an activating group) is 1. The number of fused-ring (bicyclic) bond motifs is 3. The van der Waals surface area contributed by atoms with Crippen LogP contribution < -0.4 is 15.4 Å². The summed E-state index contributed by atoms with van der Waals surface area (Å²) in [5.41, 5.74) is 2.38. The van der Waals surface area contributed by atoms with Gasteiger partial charge in [-0.2, -0.15) is 0 Å². The van der Waals surface area contributed by atoms with Gasteiger partial charge in [0.2, 0.25) is 5.78 Å². The number of allylic oxidation sites excluding steroid dienone is 1. The monoisotopic (exact) mass is 617 g/mol. The van der Waals surface area contributed by atoms with Crippen molar-refractivity contribution in [3.05, 3.63) is 64.1 Å². The fourth-order valence-corrected chi connectivity index (χ4v) is 6.75. The van der Waals surface area contributed by atoms with Gasteiger partial charge < -0.3 is 35.8 Å². The highest BCUT2D eigenvalue weighted by molar-refractivity contribution is 6.25. The lowest BCUT2D eigenvalue weighted by atomic mass is 9.58. The molecule has 234 valence electrons. The second-order valence-electron chi connectivity index (χ2n) is 11.6. The van der Waals surface area contributed by atoms with Crippen molar-refractivity contribution in [2.75, 3.05) is 33.1 Å². The molecule has 14 heteroatoms. The molecule has 0 aromatic heterocycles. The molecule has 0 unspecified atom stereocenters. The summed E-state index contributed by atoms with van der Waals surface area (Å²) in [4.78, 5) is 42.9. The number of primary amides is 1. The number of nitrogens with two attached hydrogens (primary N) is 1. The largest absolute Gasteiger partial charge is 0.573 e. The minimum atomic E-state index is -4.91. The maximum atomic E-state index is 14.1. The number of aliphatic hydroxyl groups is 3. The highest BCUT2D eigenvalue weighted by atomic mass is 19.4. The Labute approximate surface area is 249 Å². The summed E-state index contributed by atoms with van der Waals surface area (Å²) in [6, 6.07) is 5.11. The van der Waals surface area contributed by atoms with Gasteiger partial charge in [0.15, 0.2) is 11.4 Å². The van der Waals surface area contributed by atoms with Gasteiger partial charge in [-0.3, -0.25) is 19.3 Å². The lowest BCUT2D eigenvalue weighted by molar-refractivity contribution is -0.274. The first kappa shape index (κ1) is 30.9. The molecule has 0 saturated carbocycles. The smallest absolute Gasteiger partial charge is 0.510 e. The van der Waals surface area contributed by atoms with Gasteiger partial charge in [-0.25, -0.2) is 0 Å². The number of carbonyl (C=O) groups excluding carboxylic acids is 3. The average molecular weight is 618 g/mol. The first-order valence-electron chi connectivity index (χ1n) is 13.5.